The average molecular weight is 433 g/mol. The lowest BCUT2D eigenvalue weighted by molar-refractivity contribution is -0.119. The number of hydrazine groups is 1. The fourth-order valence-corrected chi connectivity index (χ4v) is 3.28. The third kappa shape index (κ3) is 4.86. The molecule has 26 heavy (non-hydrogen) atoms. The van der Waals surface area contributed by atoms with Crippen molar-refractivity contribution in [2.24, 2.45) is 0 Å². The summed E-state index contributed by atoms with van der Waals surface area (Å²) in [4.78, 5) is 28.3. The van der Waals surface area contributed by atoms with Crippen molar-refractivity contribution >= 4 is 45.2 Å². The quantitative estimate of drug-likeness (QED) is 0.607. The number of carbonyl (C=O) groups excluding carboxylic acids is 2. The van der Waals surface area contributed by atoms with Crippen molar-refractivity contribution in [2.75, 3.05) is 5.75 Å². The van der Waals surface area contributed by atoms with E-state index in [9.17, 15) is 9.59 Å². The van der Waals surface area contributed by atoms with Gasteiger partial charge in [-0.3, -0.25) is 20.4 Å². The summed E-state index contributed by atoms with van der Waals surface area (Å²) in [6, 6.07) is 10.9. The molecule has 0 saturated heterocycles. The number of fused-ring (bicyclic) bond motifs is 1. The molecule has 8 heteroatoms. The average Bonchev–Trinajstić information content (AvgIpc) is 3.02. The van der Waals surface area contributed by atoms with Crippen molar-refractivity contribution in [3.63, 3.8) is 0 Å². The Labute approximate surface area is 163 Å². The Morgan fingerprint density at radius 2 is 1.88 bits per heavy atom. The summed E-state index contributed by atoms with van der Waals surface area (Å²) >= 11 is 4.75. The van der Waals surface area contributed by atoms with Gasteiger partial charge in [0.15, 0.2) is 0 Å². The first-order chi connectivity index (χ1) is 12.5. The van der Waals surface area contributed by atoms with E-state index in [0.29, 0.717) is 11.3 Å². The van der Waals surface area contributed by atoms with Gasteiger partial charge < -0.3 is 4.40 Å². The number of hydrogen-bond acceptors (Lipinski definition) is 4. The highest BCUT2D eigenvalue weighted by Crippen LogP contribution is 2.13. The van der Waals surface area contributed by atoms with Crippen molar-refractivity contribution in [1.82, 2.24) is 20.2 Å². The number of aromatic nitrogens is 2. The Balaban J connectivity index is 1.43. The van der Waals surface area contributed by atoms with Crippen LogP contribution in [0.2, 0.25) is 0 Å². The predicted molar refractivity (Wildman–Crippen MR) is 106 cm³/mol. The first-order valence-electron chi connectivity index (χ1n) is 7.88. The van der Waals surface area contributed by atoms with Crippen LogP contribution in [-0.2, 0) is 10.5 Å². The number of pyridine rings is 1. The molecule has 0 aliphatic carbocycles. The largest absolute Gasteiger partial charge is 0.307 e. The molecule has 3 aromatic rings. The third-order valence-electron chi connectivity index (χ3n) is 3.55. The number of nitrogens with zero attached hydrogens (tertiary/aromatic N) is 2. The summed E-state index contributed by atoms with van der Waals surface area (Å²) in [5.74, 6) is 0.231. The van der Waals surface area contributed by atoms with Crippen LogP contribution in [0.5, 0.6) is 0 Å². The number of imidazole rings is 1. The molecule has 2 N–H and O–H groups in total. The molecule has 134 valence electrons. The smallest absolute Gasteiger partial charge is 0.269 e. The van der Waals surface area contributed by atoms with Gasteiger partial charge in [0.25, 0.3) is 5.91 Å². The van der Waals surface area contributed by atoms with E-state index in [1.807, 2.05) is 35.9 Å². The minimum absolute atomic E-state index is 0.230. The van der Waals surface area contributed by atoms with E-state index in [-0.39, 0.29) is 17.6 Å². The minimum Gasteiger partial charge on any atom is -0.307 e. The van der Waals surface area contributed by atoms with E-state index >= 15 is 0 Å². The molecule has 3 rings (SSSR count). The molecule has 0 aliphatic rings. The van der Waals surface area contributed by atoms with Crippen LogP contribution in [0.25, 0.3) is 5.65 Å². The van der Waals surface area contributed by atoms with Crippen molar-refractivity contribution < 1.29 is 9.59 Å². The zero-order valence-electron chi connectivity index (χ0n) is 14.0. The number of benzene rings is 1. The van der Waals surface area contributed by atoms with E-state index in [1.54, 1.807) is 24.3 Å². The van der Waals surface area contributed by atoms with Crippen LogP contribution in [0.4, 0.5) is 0 Å². The predicted octanol–water partition coefficient (Wildman–Crippen LogP) is 3.10. The van der Waals surface area contributed by atoms with Crippen LogP contribution in [0.1, 0.15) is 21.6 Å². The summed E-state index contributed by atoms with van der Waals surface area (Å²) in [5.41, 5.74) is 8.26. The highest BCUT2D eigenvalue weighted by atomic mass is 79.9. The fourth-order valence-electron chi connectivity index (χ4n) is 2.31. The van der Waals surface area contributed by atoms with E-state index in [1.165, 1.54) is 11.8 Å². The van der Waals surface area contributed by atoms with Crippen molar-refractivity contribution in [3.8, 4) is 0 Å². The topological polar surface area (TPSA) is 75.5 Å². The number of rotatable bonds is 5. The highest BCUT2D eigenvalue weighted by Gasteiger charge is 2.08. The maximum Gasteiger partial charge on any atom is 0.269 e. The van der Waals surface area contributed by atoms with Gasteiger partial charge >= 0.3 is 0 Å². The lowest BCUT2D eigenvalue weighted by Gasteiger charge is -2.07. The van der Waals surface area contributed by atoms with Gasteiger partial charge in [-0.1, -0.05) is 22.0 Å². The number of aryl methyl sites for hydroxylation is 1. The Kier molecular flexibility index (Phi) is 5.95. The molecule has 0 atom stereocenters. The molecule has 0 radical (unpaired) electrons. The third-order valence-corrected chi connectivity index (χ3v) is 5.05. The van der Waals surface area contributed by atoms with Crippen LogP contribution in [0, 0.1) is 6.92 Å². The monoisotopic (exact) mass is 432 g/mol. The number of thioether (sulfide) groups is 1. The molecule has 0 aliphatic heterocycles. The van der Waals surface area contributed by atoms with Crippen molar-refractivity contribution in [3.05, 3.63) is 70.1 Å². The van der Waals surface area contributed by atoms with Crippen LogP contribution in [-0.4, -0.2) is 27.0 Å². The van der Waals surface area contributed by atoms with Gasteiger partial charge in [-0.25, -0.2) is 4.98 Å². The van der Waals surface area contributed by atoms with E-state index in [0.717, 1.165) is 21.4 Å². The van der Waals surface area contributed by atoms with Gasteiger partial charge in [-0.15, -0.1) is 11.8 Å². The van der Waals surface area contributed by atoms with Gasteiger partial charge in [-0.2, -0.15) is 0 Å². The van der Waals surface area contributed by atoms with Gasteiger partial charge in [0.2, 0.25) is 5.91 Å². The molecular weight excluding hydrogens is 416 g/mol. The minimum atomic E-state index is -0.355. The molecule has 6 nitrogen and oxygen atoms in total. The first kappa shape index (κ1) is 18.5. The van der Waals surface area contributed by atoms with Crippen molar-refractivity contribution in [1.29, 1.82) is 0 Å². The molecule has 0 bridgehead atoms. The van der Waals surface area contributed by atoms with Crippen molar-refractivity contribution in [2.45, 2.75) is 12.7 Å². The summed E-state index contributed by atoms with van der Waals surface area (Å²) < 4.78 is 2.86. The number of nitrogens with one attached hydrogen (secondary N) is 2. The number of halogens is 1. The van der Waals surface area contributed by atoms with Crippen LogP contribution < -0.4 is 10.9 Å². The lowest BCUT2D eigenvalue weighted by Crippen LogP contribution is -2.42. The Morgan fingerprint density at radius 1 is 1.12 bits per heavy atom. The molecule has 0 fully saturated rings. The maximum absolute atomic E-state index is 11.9. The Hall–Kier alpha value is -2.32. The zero-order chi connectivity index (χ0) is 18.5. The normalized spacial score (nSPS) is 10.7. The van der Waals surface area contributed by atoms with Gasteiger partial charge in [0.05, 0.1) is 11.4 Å². The van der Waals surface area contributed by atoms with Gasteiger partial charge in [-0.05, 0) is 42.8 Å². The summed E-state index contributed by atoms with van der Waals surface area (Å²) in [7, 11) is 0. The molecular formula is C18H17BrN4O2S. The maximum atomic E-state index is 11.9. The highest BCUT2D eigenvalue weighted by molar-refractivity contribution is 9.10. The SMILES string of the molecule is Cc1ccc2nc(CSCC(=O)NNC(=O)c3ccc(Br)cc3)cn2c1. The van der Waals surface area contributed by atoms with Crippen LogP contribution in [0.3, 0.4) is 0 Å². The number of carbonyl (C=O) groups is 2. The summed E-state index contributed by atoms with van der Waals surface area (Å²) in [6.45, 7) is 2.03. The molecule has 2 amide bonds. The standard InChI is InChI=1S/C18H17BrN4O2S/c1-12-2-7-16-20-15(9-23(16)8-12)10-26-11-17(24)21-22-18(25)13-3-5-14(19)6-4-13/h2-9H,10-11H2,1H3,(H,21,24)(H,22,25). The molecule has 0 spiro atoms. The molecule has 1 aromatic carbocycles. The summed E-state index contributed by atoms with van der Waals surface area (Å²) in [5, 5.41) is 0. The second-order valence-corrected chi connectivity index (χ2v) is 7.61. The van der Waals surface area contributed by atoms with Gasteiger partial charge in [0.1, 0.15) is 5.65 Å². The Morgan fingerprint density at radius 3 is 2.65 bits per heavy atom. The second-order valence-electron chi connectivity index (χ2n) is 5.71. The van der Waals surface area contributed by atoms with E-state index < -0.39 is 0 Å². The number of hydrogen-bond donors (Lipinski definition) is 2. The fraction of sp³-hybridized carbons (Fsp3) is 0.167. The zero-order valence-corrected chi connectivity index (χ0v) is 16.4. The summed E-state index contributed by atoms with van der Waals surface area (Å²) in [6.07, 6.45) is 3.98. The van der Waals surface area contributed by atoms with E-state index in [4.69, 9.17) is 0 Å². The second kappa shape index (κ2) is 8.37. The Bertz CT molecular complexity index is 940. The molecule has 2 aromatic heterocycles. The molecule has 0 unspecified atom stereocenters. The van der Waals surface area contributed by atoms with Crippen LogP contribution in [0.15, 0.2) is 53.3 Å². The lowest BCUT2D eigenvalue weighted by atomic mass is 10.2. The molecule has 2 heterocycles. The number of amides is 2. The molecule has 0 saturated carbocycles. The first-order valence-corrected chi connectivity index (χ1v) is 9.83. The van der Waals surface area contributed by atoms with Gasteiger partial charge in [0, 0.05) is 28.2 Å². The van der Waals surface area contributed by atoms with E-state index in [2.05, 4.69) is 31.8 Å². The van der Waals surface area contributed by atoms with Crippen LogP contribution >= 0.6 is 27.7 Å².